The maximum Gasteiger partial charge on any atom is 0.269 e. The third-order valence-electron chi connectivity index (χ3n) is 4.15. The molecule has 1 aliphatic heterocycles. The largest absolute Gasteiger partial charge is 0.378 e. The maximum absolute atomic E-state index is 12.9. The summed E-state index contributed by atoms with van der Waals surface area (Å²) in [7, 11) is 0. The third-order valence-corrected chi connectivity index (χ3v) is 5.08. The summed E-state index contributed by atoms with van der Waals surface area (Å²) in [6, 6.07) is 9.27. The number of benzene rings is 1. The lowest BCUT2D eigenvalue weighted by Crippen LogP contribution is -2.41. The van der Waals surface area contributed by atoms with E-state index in [-0.39, 0.29) is 17.2 Å². The molecule has 1 aliphatic rings. The lowest BCUT2D eigenvalue weighted by Gasteiger charge is -2.26. The van der Waals surface area contributed by atoms with Crippen molar-refractivity contribution in [3.63, 3.8) is 0 Å². The van der Waals surface area contributed by atoms with Gasteiger partial charge in [-0.25, -0.2) is 4.98 Å². The summed E-state index contributed by atoms with van der Waals surface area (Å²) in [5, 5.41) is 7.51. The van der Waals surface area contributed by atoms with Gasteiger partial charge >= 0.3 is 0 Å². The van der Waals surface area contributed by atoms with E-state index in [0.29, 0.717) is 48.2 Å². The highest BCUT2D eigenvalue weighted by molar-refractivity contribution is 7.99. The average Bonchev–Trinajstić information content (AvgIpc) is 3.16. The predicted octanol–water partition coefficient (Wildman–Crippen LogP) is 1.06. The van der Waals surface area contributed by atoms with E-state index in [9.17, 15) is 9.59 Å². The van der Waals surface area contributed by atoms with Gasteiger partial charge in [0.2, 0.25) is 5.91 Å². The lowest BCUT2D eigenvalue weighted by atomic mass is 10.3. The van der Waals surface area contributed by atoms with E-state index in [1.54, 1.807) is 4.90 Å². The van der Waals surface area contributed by atoms with Crippen LogP contribution in [0.25, 0.3) is 16.7 Å². The molecular formula is C17H17N5O3S. The van der Waals surface area contributed by atoms with Crippen molar-refractivity contribution < 1.29 is 9.53 Å². The number of carbonyl (C=O) groups is 1. The molecule has 134 valence electrons. The van der Waals surface area contributed by atoms with Crippen LogP contribution in [0.2, 0.25) is 0 Å². The summed E-state index contributed by atoms with van der Waals surface area (Å²) in [6.45, 7) is 2.31. The molecular weight excluding hydrogens is 354 g/mol. The van der Waals surface area contributed by atoms with Gasteiger partial charge in [0, 0.05) is 13.1 Å². The Morgan fingerprint density at radius 1 is 1.23 bits per heavy atom. The number of H-pyrrole nitrogens is 1. The zero-order valence-corrected chi connectivity index (χ0v) is 14.7. The molecule has 1 fully saturated rings. The van der Waals surface area contributed by atoms with Gasteiger partial charge in [0.1, 0.15) is 5.39 Å². The molecule has 8 nitrogen and oxygen atoms in total. The summed E-state index contributed by atoms with van der Waals surface area (Å²) >= 11 is 1.25. The molecule has 0 radical (unpaired) electrons. The van der Waals surface area contributed by atoms with E-state index >= 15 is 0 Å². The summed E-state index contributed by atoms with van der Waals surface area (Å²) in [6.07, 6.45) is 1.47. The van der Waals surface area contributed by atoms with Crippen molar-refractivity contribution in [2.24, 2.45) is 0 Å². The number of hydrogen-bond acceptors (Lipinski definition) is 6. The Balaban J connectivity index is 1.67. The minimum absolute atomic E-state index is 0.0110. The fraction of sp³-hybridized carbons (Fsp3) is 0.294. The van der Waals surface area contributed by atoms with Crippen LogP contribution in [0.15, 0.2) is 46.5 Å². The minimum Gasteiger partial charge on any atom is -0.378 e. The topological polar surface area (TPSA) is 93.1 Å². The van der Waals surface area contributed by atoms with Crippen LogP contribution in [0, 0.1) is 0 Å². The second-order valence-electron chi connectivity index (χ2n) is 5.78. The van der Waals surface area contributed by atoms with E-state index in [2.05, 4.69) is 15.2 Å². The number of fused-ring (bicyclic) bond motifs is 1. The molecule has 1 N–H and O–H groups in total. The van der Waals surface area contributed by atoms with Crippen LogP contribution in [0.4, 0.5) is 0 Å². The number of nitrogens with one attached hydrogen (secondary N) is 1. The van der Waals surface area contributed by atoms with E-state index in [0.717, 1.165) is 0 Å². The summed E-state index contributed by atoms with van der Waals surface area (Å²) in [5.74, 6) is 0.218. The molecule has 0 atom stereocenters. The fourth-order valence-electron chi connectivity index (χ4n) is 2.81. The Bertz CT molecular complexity index is 979. The van der Waals surface area contributed by atoms with Crippen molar-refractivity contribution >= 4 is 28.7 Å². The first-order valence-corrected chi connectivity index (χ1v) is 9.22. The predicted molar refractivity (Wildman–Crippen MR) is 97.6 cm³/mol. The van der Waals surface area contributed by atoms with E-state index in [1.165, 1.54) is 22.5 Å². The van der Waals surface area contributed by atoms with E-state index in [1.807, 2.05) is 30.3 Å². The second kappa shape index (κ2) is 7.30. The molecule has 3 aromatic rings. The van der Waals surface area contributed by atoms with Gasteiger partial charge in [0.25, 0.3) is 5.56 Å². The summed E-state index contributed by atoms with van der Waals surface area (Å²) in [4.78, 5) is 31.6. The molecule has 3 heterocycles. The Hall–Kier alpha value is -2.65. The Morgan fingerprint density at radius 2 is 2.00 bits per heavy atom. The number of ether oxygens (including phenoxy) is 1. The number of amides is 1. The minimum atomic E-state index is -0.212. The van der Waals surface area contributed by atoms with Crippen LogP contribution in [-0.2, 0) is 9.53 Å². The van der Waals surface area contributed by atoms with Crippen molar-refractivity contribution in [3.8, 4) is 5.69 Å². The highest BCUT2D eigenvalue weighted by Crippen LogP contribution is 2.21. The number of para-hydroxylation sites is 1. The SMILES string of the molecule is O=C(CSc1nc2[nH]ncc2c(=O)n1-c1ccccc1)N1CCOCC1. The van der Waals surface area contributed by atoms with Crippen LogP contribution < -0.4 is 5.56 Å². The smallest absolute Gasteiger partial charge is 0.269 e. The number of thioether (sulfide) groups is 1. The Kier molecular flexibility index (Phi) is 4.72. The standard InChI is InChI=1S/C17H17N5O3S/c23-14(21-6-8-25-9-7-21)11-26-17-19-15-13(10-18-20-15)16(24)22(17)12-4-2-1-3-5-12/h1-5,10H,6-9,11H2,(H,18,20). The molecule has 26 heavy (non-hydrogen) atoms. The number of aromatic nitrogens is 4. The zero-order valence-electron chi connectivity index (χ0n) is 13.9. The molecule has 1 aromatic carbocycles. The van der Waals surface area contributed by atoms with Gasteiger partial charge in [-0.2, -0.15) is 5.10 Å². The van der Waals surface area contributed by atoms with Crippen LogP contribution in [0.3, 0.4) is 0 Å². The number of rotatable bonds is 4. The number of morpholine rings is 1. The average molecular weight is 371 g/mol. The van der Waals surface area contributed by atoms with Crippen LogP contribution >= 0.6 is 11.8 Å². The molecule has 0 spiro atoms. The van der Waals surface area contributed by atoms with Crippen LogP contribution in [0.5, 0.6) is 0 Å². The first kappa shape index (κ1) is 16.8. The Morgan fingerprint density at radius 3 is 2.77 bits per heavy atom. The van der Waals surface area contributed by atoms with Crippen LogP contribution in [0.1, 0.15) is 0 Å². The first-order valence-electron chi connectivity index (χ1n) is 8.24. The highest BCUT2D eigenvalue weighted by atomic mass is 32.2. The van der Waals surface area contributed by atoms with Gasteiger partial charge in [-0.3, -0.25) is 19.3 Å². The van der Waals surface area contributed by atoms with Crippen molar-refractivity contribution in [1.29, 1.82) is 0 Å². The molecule has 1 saturated heterocycles. The molecule has 4 rings (SSSR count). The molecule has 0 saturated carbocycles. The van der Waals surface area contributed by atoms with Gasteiger partial charge in [0.15, 0.2) is 10.8 Å². The summed E-state index contributed by atoms with van der Waals surface area (Å²) < 4.78 is 6.80. The Labute approximate surface area is 153 Å². The first-order chi connectivity index (χ1) is 12.7. The molecule has 0 bridgehead atoms. The zero-order chi connectivity index (χ0) is 17.9. The number of hydrogen-bond donors (Lipinski definition) is 1. The normalized spacial score (nSPS) is 14.7. The lowest BCUT2D eigenvalue weighted by molar-refractivity contribution is -0.132. The monoisotopic (exact) mass is 371 g/mol. The van der Waals surface area contributed by atoms with Crippen molar-refractivity contribution in [2.75, 3.05) is 32.1 Å². The highest BCUT2D eigenvalue weighted by Gasteiger charge is 2.20. The van der Waals surface area contributed by atoms with Gasteiger partial charge in [-0.05, 0) is 12.1 Å². The second-order valence-corrected chi connectivity index (χ2v) is 6.73. The van der Waals surface area contributed by atoms with Crippen molar-refractivity contribution in [1.82, 2.24) is 24.6 Å². The number of nitrogens with zero attached hydrogens (tertiary/aromatic N) is 4. The fourth-order valence-corrected chi connectivity index (χ4v) is 3.71. The van der Waals surface area contributed by atoms with Crippen LogP contribution in [-0.4, -0.2) is 62.6 Å². The van der Waals surface area contributed by atoms with Gasteiger partial charge in [-0.15, -0.1) is 0 Å². The number of aromatic amines is 1. The van der Waals surface area contributed by atoms with Crippen molar-refractivity contribution in [3.05, 3.63) is 46.9 Å². The quantitative estimate of drug-likeness (QED) is 0.545. The third kappa shape index (κ3) is 3.23. The molecule has 0 unspecified atom stereocenters. The van der Waals surface area contributed by atoms with E-state index in [4.69, 9.17) is 4.74 Å². The number of carbonyl (C=O) groups excluding carboxylic acids is 1. The van der Waals surface area contributed by atoms with Gasteiger partial charge in [0.05, 0.1) is 30.9 Å². The van der Waals surface area contributed by atoms with Crippen molar-refractivity contribution in [2.45, 2.75) is 5.16 Å². The van der Waals surface area contributed by atoms with E-state index < -0.39 is 0 Å². The molecule has 9 heteroatoms. The molecule has 2 aromatic heterocycles. The maximum atomic E-state index is 12.9. The summed E-state index contributed by atoms with van der Waals surface area (Å²) in [5.41, 5.74) is 0.911. The van der Waals surface area contributed by atoms with Gasteiger partial charge < -0.3 is 9.64 Å². The molecule has 1 amide bonds. The van der Waals surface area contributed by atoms with Gasteiger partial charge in [-0.1, -0.05) is 30.0 Å². The molecule has 0 aliphatic carbocycles.